The first kappa shape index (κ1) is 16.6. The highest BCUT2D eigenvalue weighted by Gasteiger charge is 1.86. The quantitative estimate of drug-likeness (QED) is 0.379. The fourth-order valence-electron chi connectivity index (χ4n) is 1.39. The first-order valence-corrected chi connectivity index (χ1v) is 7.46. The standard InChI is InChI=1S/C11H11Cl.C7H7Cl/c12-10-6-2-5-9-11-7-3-1-4-8-11;1-6-4-2-3-5-7(6)8/h1,3-4,7-8H,2,6,10H2;2-5H,1H3. The topological polar surface area (TPSA) is 0 Å². The Bertz CT molecular complexity index is 529. The lowest BCUT2D eigenvalue weighted by Crippen LogP contribution is -1.73. The van der Waals surface area contributed by atoms with Crippen LogP contribution in [0.2, 0.25) is 5.02 Å². The fraction of sp³-hybridized carbons (Fsp3) is 0.222. The van der Waals surface area contributed by atoms with Crippen molar-refractivity contribution in [1.29, 1.82) is 0 Å². The van der Waals surface area contributed by atoms with Crippen molar-refractivity contribution in [3.8, 4) is 11.8 Å². The largest absolute Gasteiger partial charge is 0.127 e. The van der Waals surface area contributed by atoms with Crippen molar-refractivity contribution in [2.24, 2.45) is 0 Å². The van der Waals surface area contributed by atoms with E-state index in [0.29, 0.717) is 5.88 Å². The van der Waals surface area contributed by atoms with E-state index in [1.165, 1.54) is 0 Å². The molecule has 0 radical (unpaired) electrons. The van der Waals surface area contributed by atoms with Gasteiger partial charge >= 0.3 is 0 Å². The molecule has 0 aliphatic carbocycles. The number of benzene rings is 2. The van der Waals surface area contributed by atoms with Crippen LogP contribution in [0, 0.1) is 18.8 Å². The molecule has 2 heteroatoms. The van der Waals surface area contributed by atoms with Crippen LogP contribution in [0.15, 0.2) is 54.6 Å². The lowest BCUT2D eigenvalue weighted by molar-refractivity contribution is 0.991. The summed E-state index contributed by atoms with van der Waals surface area (Å²) >= 11 is 11.2. The average Bonchev–Trinajstić information content (AvgIpc) is 2.49. The van der Waals surface area contributed by atoms with Gasteiger partial charge in [-0.2, -0.15) is 0 Å². The maximum absolute atomic E-state index is 5.71. The van der Waals surface area contributed by atoms with Crippen LogP contribution in [0.3, 0.4) is 0 Å². The van der Waals surface area contributed by atoms with Crippen LogP contribution in [-0.2, 0) is 0 Å². The molecule has 0 aromatic heterocycles. The number of hydrogen-bond donors (Lipinski definition) is 0. The van der Waals surface area contributed by atoms with Crippen LogP contribution in [0.25, 0.3) is 0 Å². The van der Waals surface area contributed by atoms with Crippen LogP contribution in [-0.4, -0.2) is 5.88 Å². The van der Waals surface area contributed by atoms with E-state index in [1.807, 2.05) is 61.5 Å². The van der Waals surface area contributed by atoms with E-state index in [4.69, 9.17) is 23.2 Å². The van der Waals surface area contributed by atoms with Crippen molar-refractivity contribution in [3.63, 3.8) is 0 Å². The SMILES string of the molecule is Cc1ccccc1Cl.ClCCCC#Cc1ccccc1. The maximum Gasteiger partial charge on any atom is 0.0435 e. The first-order chi connectivity index (χ1) is 9.74. The molecule has 0 aliphatic rings. The summed E-state index contributed by atoms with van der Waals surface area (Å²) in [4.78, 5) is 0. The van der Waals surface area contributed by atoms with Gasteiger partial charge in [0.05, 0.1) is 0 Å². The Morgan fingerprint density at radius 3 is 2.15 bits per heavy atom. The minimum Gasteiger partial charge on any atom is -0.127 e. The second kappa shape index (κ2) is 10.4. The molecule has 0 saturated carbocycles. The van der Waals surface area contributed by atoms with E-state index >= 15 is 0 Å². The molecule has 20 heavy (non-hydrogen) atoms. The monoisotopic (exact) mass is 304 g/mol. The molecule has 0 spiro atoms. The molecule has 0 atom stereocenters. The lowest BCUT2D eigenvalue weighted by atomic mass is 10.2. The maximum atomic E-state index is 5.71. The molecule has 0 heterocycles. The van der Waals surface area contributed by atoms with Crippen molar-refractivity contribution >= 4 is 23.2 Å². The number of alkyl halides is 1. The lowest BCUT2D eigenvalue weighted by Gasteiger charge is -1.90. The van der Waals surface area contributed by atoms with Gasteiger partial charge in [-0.15, -0.1) is 11.6 Å². The van der Waals surface area contributed by atoms with Gasteiger partial charge in [0.2, 0.25) is 0 Å². The van der Waals surface area contributed by atoms with Crippen molar-refractivity contribution in [1.82, 2.24) is 0 Å². The zero-order chi connectivity index (χ0) is 14.6. The number of rotatable bonds is 2. The molecule has 2 aromatic carbocycles. The molecule has 0 N–H and O–H groups in total. The molecule has 0 unspecified atom stereocenters. The third-order valence-corrected chi connectivity index (χ3v) is 3.21. The highest BCUT2D eigenvalue weighted by Crippen LogP contribution is 2.11. The molecule has 2 rings (SSSR count). The van der Waals surface area contributed by atoms with E-state index in [9.17, 15) is 0 Å². The zero-order valence-corrected chi connectivity index (χ0v) is 13.1. The van der Waals surface area contributed by atoms with Gasteiger partial charge in [0.1, 0.15) is 0 Å². The van der Waals surface area contributed by atoms with Gasteiger partial charge in [-0.1, -0.05) is 59.8 Å². The number of unbranched alkanes of at least 4 members (excludes halogenated alkanes) is 1. The summed E-state index contributed by atoms with van der Waals surface area (Å²) in [5.74, 6) is 6.84. The van der Waals surface area contributed by atoms with Crippen LogP contribution in [0.4, 0.5) is 0 Å². The highest BCUT2D eigenvalue weighted by atomic mass is 35.5. The smallest absolute Gasteiger partial charge is 0.0435 e. The Labute approximate surface area is 131 Å². The van der Waals surface area contributed by atoms with Gasteiger partial charge in [-0.05, 0) is 37.1 Å². The van der Waals surface area contributed by atoms with Crippen molar-refractivity contribution in [3.05, 3.63) is 70.7 Å². The van der Waals surface area contributed by atoms with Crippen LogP contribution < -0.4 is 0 Å². The summed E-state index contributed by atoms with van der Waals surface area (Å²) in [6.45, 7) is 1.99. The highest BCUT2D eigenvalue weighted by molar-refractivity contribution is 6.31. The van der Waals surface area contributed by atoms with Crippen molar-refractivity contribution in [2.75, 3.05) is 5.88 Å². The second-order valence-electron chi connectivity index (χ2n) is 4.21. The molecule has 0 saturated heterocycles. The fourth-order valence-corrected chi connectivity index (χ4v) is 1.66. The van der Waals surface area contributed by atoms with Crippen LogP contribution >= 0.6 is 23.2 Å². The van der Waals surface area contributed by atoms with E-state index in [1.54, 1.807) is 0 Å². The summed E-state index contributed by atoms with van der Waals surface area (Å²) in [7, 11) is 0. The molecule has 0 nitrogen and oxygen atoms in total. The predicted octanol–water partition coefficient (Wildman–Crippen LogP) is 5.71. The molecular weight excluding hydrogens is 287 g/mol. The summed E-state index contributed by atoms with van der Waals surface area (Å²) in [6, 6.07) is 17.8. The van der Waals surface area contributed by atoms with Gasteiger partial charge in [0.15, 0.2) is 0 Å². The van der Waals surface area contributed by atoms with E-state index < -0.39 is 0 Å². The number of halogens is 2. The molecule has 104 valence electrons. The molecule has 0 bridgehead atoms. The minimum atomic E-state index is 0.698. The molecule has 0 aliphatic heterocycles. The van der Waals surface area contributed by atoms with Crippen molar-refractivity contribution < 1.29 is 0 Å². The summed E-state index contributed by atoms with van der Waals surface area (Å²) in [5.41, 5.74) is 2.21. The number of aryl methyl sites for hydroxylation is 1. The minimum absolute atomic E-state index is 0.698. The predicted molar refractivity (Wildman–Crippen MR) is 89.5 cm³/mol. The van der Waals surface area contributed by atoms with Gasteiger partial charge in [0, 0.05) is 22.9 Å². The second-order valence-corrected chi connectivity index (χ2v) is 4.99. The average molecular weight is 305 g/mol. The molecule has 0 fully saturated rings. The molecule has 2 aromatic rings. The Kier molecular flexibility index (Phi) is 8.63. The van der Waals surface area contributed by atoms with Gasteiger partial charge in [0.25, 0.3) is 0 Å². The normalized spacial score (nSPS) is 8.95. The van der Waals surface area contributed by atoms with Gasteiger partial charge in [-0.25, -0.2) is 0 Å². The summed E-state index contributed by atoms with van der Waals surface area (Å²) in [6.07, 6.45) is 1.86. The Morgan fingerprint density at radius 2 is 1.60 bits per heavy atom. The first-order valence-electron chi connectivity index (χ1n) is 6.55. The third-order valence-electron chi connectivity index (χ3n) is 2.52. The van der Waals surface area contributed by atoms with Crippen molar-refractivity contribution in [2.45, 2.75) is 19.8 Å². The Balaban J connectivity index is 0.000000217. The number of hydrogen-bond acceptors (Lipinski definition) is 0. The Hall–Kier alpha value is -1.42. The third kappa shape index (κ3) is 7.24. The summed E-state index contributed by atoms with van der Waals surface area (Å²) in [5, 5.41) is 0.840. The van der Waals surface area contributed by atoms with Crippen LogP contribution in [0.5, 0.6) is 0 Å². The van der Waals surface area contributed by atoms with E-state index in [0.717, 1.165) is 29.0 Å². The molecular formula is C18H18Cl2. The van der Waals surface area contributed by atoms with Gasteiger partial charge in [-0.3, -0.25) is 0 Å². The Morgan fingerprint density at radius 1 is 0.950 bits per heavy atom. The zero-order valence-electron chi connectivity index (χ0n) is 11.6. The van der Waals surface area contributed by atoms with E-state index in [2.05, 4.69) is 11.8 Å². The van der Waals surface area contributed by atoms with Crippen LogP contribution in [0.1, 0.15) is 24.0 Å². The van der Waals surface area contributed by atoms with E-state index in [-0.39, 0.29) is 0 Å². The molecule has 0 amide bonds. The van der Waals surface area contributed by atoms with Gasteiger partial charge < -0.3 is 0 Å². The summed E-state index contributed by atoms with van der Waals surface area (Å²) < 4.78 is 0.